The maximum atomic E-state index is 13.2. The average Bonchev–Trinajstić information content (AvgIpc) is 3.21. The van der Waals surface area contributed by atoms with Crippen molar-refractivity contribution >= 4 is 17.4 Å². The van der Waals surface area contributed by atoms with E-state index < -0.39 is 17.8 Å². The first-order chi connectivity index (χ1) is 13.3. The molecular weight excluding hydrogens is 371 g/mol. The highest BCUT2D eigenvalue weighted by Crippen LogP contribution is 2.37. The van der Waals surface area contributed by atoms with E-state index in [1.54, 1.807) is 4.90 Å². The second-order valence-electron chi connectivity index (χ2n) is 7.89. The summed E-state index contributed by atoms with van der Waals surface area (Å²) in [5, 5.41) is 12.5. The summed E-state index contributed by atoms with van der Waals surface area (Å²) < 4.78 is 39.6. The first-order valence-corrected chi connectivity index (χ1v) is 9.91. The van der Waals surface area contributed by atoms with Crippen LogP contribution in [0.25, 0.3) is 0 Å². The molecular formula is C20H28F3N3O2. The molecule has 1 aromatic rings. The molecule has 2 heterocycles. The van der Waals surface area contributed by atoms with Gasteiger partial charge in [-0.1, -0.05) is 6.92 Å². The summed E-state index contributed by atoms with van der Waals surface area (Å²) in [6, 6.07) is 3.13. The van der Waals surface area contributed by atoms with E-state index in [1.807, 2.05) is 11.8 Å². The largest absolute Gasteiger partial charge is 0.416 e. The number of alkyl halides is 3. The van der Waals surface area contributed by atoms with E-state index in [4.69, 9.17) is 0 Å². The normalized spacial score (nSPS) is 23.2. The van der Waals surface area contributed by atoms with Gasteiger partial charge < -0.3 is 20.2 Å². The number of hydrogen-bond acceptors (Lipinski definition) is 3. The van der Waals surface area contributed by atoms with Crippen molar-refractivity contribution in [1.82, 2.24) is 4.90 Å². The van der Waals surface area contributed by atoms with Crippen molar-refractivity contribution in [2.75, 3.05) is 43.0 Å². The zero-order valence-corrected chi connectivity index (χ0v) is 16.2. The van der Waals surface area contributed by atoms with E-state index in [1.165, 1.54) is 6.07 Å². The van der Waals surface area contributed by atoms with E-state index in [2.05, 4.69) is 5.32 Å². The number of carbonyl (C=O) groups is 1. The molecule has 2 amide bonds. The van der Waals surface area contributed by atoms with Crippen LogP contribution >= 0.6 is 0 Å². The second kappa shape index (κ2) is 8.19. The number of nitrogens with one attached hydrogen (secondary N) is 1. The van der Waals surface area contributed by atoms with E-state index in [-0.39, 0.29) is 17.7 Å². The number of nitrogens with zero attached hydrogens (tertiary/aromatic N) is 2. The van der Waals surface area contributed by atoms with Gasteiger partial charge in [0.1, 0.15) is 0 Å². The van der Waals surface area contributed by atoms with Gasteiger partial charge in [0.05, 0.1) is 23.5 Å². The molecule has 156 valence electrons. The molecule has 1 aromatic carbocycles. The highest BCUT2D eigenvalue weighted by molar-refractivity contribution is 5.93. The van der Waals surface area contributed by atoms with Gasteiger partial charge in [-0.25, -0.2) is 4.79 Å². The monoisotopic (exact) mass is 399 g/mol. The third-order valence-electron chi connectivity index (χ3n) is 6.05. The number of anilines is 2. The van der Waals surface area contributed by atoms with Crippen molar-refractivity contribution in [3.8, 4) is 0 Å². The molecule has 1 atom stereocenters. The summed E-state index contributed by atoms with van der Waals surface area (Å²) in [7, 11) is 0. The highest BCUT2D eigenvalue weighted by atomic mass is 19.4. The molecule has 3 rings (SSSR count). The SMILES string of the molecule is CCC1(CO)CCCN(C(=O)Nc2cc(C(F)(F)F)ccc2N2CCCC2)C1. The Morgan fingerprint density at radius 2 is 1.93 bits per heavy atom. The number of urea groups is 1. The van der Waals surface area contributed by atoms with Gasteiger partial charge in [0.25, 0.3) is 0 Å². The van der Waals surface area contributed by atoms with Crippen molar-refractivity contribution in [1.29, 1.82) is 0 Å². The number of piperidine rings is 1. The van der Waals surface area contributed by atoms with Crippen LogP contribution in [0.5, 0.6) is 0 Å². The minimum Gasteiger partial charge on any atom is -0.396 e. The molecule has 2 aliphatic rings. The van der Waals surface area contributed by atoms with Gasteiger partial charge in [-0.05, 0) is 50.3 Å². The molecule has 0 saturated carbocycles. The molecule has 0 radical (unpaired) electrons. The zero-order valence-electron chi connectivity index (χ0n) is 16.2. The highest BCUT2D eigenvalue weighted by Gasteiger charge is 2.36. The van der Waals surface area contributed by atoms with Gasteiger partial charge in [-0.3, -0.25) is 0 Å². The predicted octanol–water partition coefficient (Wildman–Crippen LogP) is 4.32. The smallest absolute Gasteiger partial charge is 0.396 e. The van der Waals surface area contributed by atoms with Gasteiger partial charge in [0.2, 0.25) is 0 Å². The Hall–Kier alpha value is -1.96. The zero-order chi connectivity index (χ0) is 20.4. The van der Waals surface area contributed by atoms with Crippen molar-refractivity contribution in [2.45, 2.75) is 45.2 Å². The van der Waals surface area contributed by atoms with E-state index in [0.717, 1.165) is 57.3 Å². The topological polar surface area (TPSA) is 55.8 Å². The molecule has 0 aliphatic carbocycles. The number of likely N-dealkylation sites (tertiary alicyclic amines) is 1. The Bertz CT molecular complexity index is 698. The molecule has 1 unspecified atom stereocenters. The molecule has 0 aromatic heterocycles. The summed E-state index contributed by atoms with van der Waals surface area (Å²) in [5.41, 5.74) is -0.290. The fourth-order valence-corrected chi connectivity index (χ4v) is 4.15. The molecule has 2 fully saturated rings. The van der Waals surface area contributed by atoms with Crippen molar-refractivity contribution in [3.05, 3.63) is 23.8 Å². The summed E-state index contributed by atoms with van der Waals surface area (Å²) >= 11 is 0. The van der Waals surface area contributed by atoms with E-state index in [0.29, 0.717) is 18.8 Å². The standard InChI is InChI=1S/C20H28F3N3O2/c1-2-19(14-27)8-5-11-26(13-19)18(28)24-16-12-15(20(21,22)23)6-7-17(16)25-9-3-4-10-25/h6-7,12,27H,2-5,8-11,13-14H2,1H3,(H,24,28). The van der Waals surface area contributed by atoms with Crippen LogP contribution in [0.1, 0.15) is 44.6 Å². The third-order valence-corrected chi connectivity index (χ3v) is 6.05. The summed E-state index contributed by atoms with van der Waals surface area (Å²) in [6.07, 6.45) is -0.153. The number of rotatable bonds is 4. The maximum Gasteiger partial charge on any atom is 0.416 e. The lowest BCUT2D eigenvalue weighted by atomic mass is 9.78. The van der Waals surface area contributed by atoms with Crippen molar-refractivity contribution < 1.29 is 23.1 Å². The van der Waals surface area contributed by atoms with Crippen molar-refractivity contribution in [3.63, 3.8) is 0 Å². The van der Waals surface area contributed by atoms with E-state index >= 15 is 0 Å². The van der Waals surface area contributed by atoms with Crippen LogP contribution in [-0.2, 0) is 6.18 Å². The van der Waals surface area contributed by atoms with Gasteiger partial charge in [-0.2, -0.15) is 13.2 Å². The Kier molecular flexibility index (Phi) is 6.07. The Balaban J connectivity index is 1.84. The van der Waals surface area contributed by atoms with Crippen LogP contribution in [0.4, 0.5) is 29.3 Å². The Morgan fingerprint density at radius 3 is 2.54 bits per heavy atom. The predicted molar refractivity (Wildman–Crippen MR) is 103 cm³/mol. The summed E-state index contributed by atoms with van der Waals surface area (Å²) in [4.78, 5) is 16.5. The number of aliphatic hydroxyl groups is 1. The molecule has 0 bridgehead atoms. The minimum absolute atomic E-state index is 0.00410. The van der Waals surface area contributed by atoms with Gasteiger partial charge >= 0.3 is 12.2 Å². The minimum atomic E-state index is -4.47. The lowest BCUT2D eigenvalue weighted by Crippen LogP contribution is -2.49. The number of benzene rings is 1. The summed E-state index contributed by atoms with van der Waals surface area (Å²) in [5.74, 6) is 0. The molecule has 28 heavy (non-hydrogen) atoms. The van der Waals surface area contributed by atoms with Crippen LogP contribution in [0.2, 0.25) is 0 Å². The number of aliphatic hydroxyl groups excluding tert-OH is 1. The molecule has 0 spiro atoms. The molecule has 2 saturated heterocycles. The fourth-order valence-electron chi connectivity index (χ4n) is 4.15. The van der Waals surface area contributed by atoms with Crippen LogP contribution < -0.4 is 10.2 Å². The molecule has 5 nitrogen and oxygen atoms in total. The molecule has 8 heteroatoms. The molecule has 2 N–H and O–H groups in total. The van der Waals surface area contributed by atoms with Crippen LogP contribution in [0.3, 0.4) is 0 Å². The number of halogens is 3. The van der Waals surface area contributed by atoms with Crippen LogP contribution in [0, 0.1) is 5.41 Å². The lowest BCUT2D eigenvalue weighted by molar-refractivity contribution is -0.137. The van der Waals surface area contributed by atoms with Gasteiger partial charge in [0, 0.05) is 31.6 Å². The lowest BCUT2D eigenvalue weighted by Gasteiger charge is -2.41. The number of hydrogen-bond donors (Lipinski definition) is 2. The third kappa shape index (κ3) is 4.37. The quantitative estimate of drug-likeness (QED) is 0.793. The van der Waals surface area contributed by atoms with Crippen molar-refractivity contribution in [2.24, 2.45) is 5.41 Å². The molecule has 2 aliphatic heterocycles. The second-order valence-corrected chi connectivity index (χ2v) is 7.89. The first-order valence-electron chi connectivity index (χ1n) is 9.91. The summed E-state index contributed by atoms with van der Waals surface area (Å²) in [6.45, 7) is 4.45. The van der Waals surface area contributed by atoms with Crippen LogP contribution in [0.15, 0.2) is 18.2 Å². The average molecular weight is 399 g/mol. The maximum absolute atomic E-state index is 13.2. The van der Waals surface area contributed by atoms with Crippen LogP contribution in [-0.4, -0.2) is 48.8 Å². The number of carbonyl (C=O) groups excluding carboxylic acids is 1. The first kappa shape index (κ1) is 20.8. The van der Waals surface area contributed by atoms with E-state index in [9.17, 15) is 23.1 Å². The Labute approximate surface area is 163 Å². The van der Waals surface area contributed by atoms with Gasteiger partial charge in [0.15, 0.2) is 0 Å². The Morgan fingerprint density at radius 1 is 1.21 bits per heavy atom. The number of amides is 2. The van der Waals surface area contributed by atoms with Gasteiger partial charge in [-0.15, -0.1) is 0 Å². The fraction of sp³-hybridized carbons (Fsp3) is 0.650.